The van der Waals surface area contributed by atoms with Crippen LogP contribution in [0.4, 0.5) is 0 Å². The molecule has 0 aromatic carbocycles. The molecule has 2 aliphatic rings. The molecule has 1 N–H and O–H groups in total. The number of nitrogens with zero attached hydrogens (tertiary/aromatic N) is 1. The molecule has 1 amide bonds. The summed E-state index contributed by atoms with van der Waals surface area (Å²) in [6.45, 7) is 6.05. The van der Waals surface area contributed by atoms with E-state index < -0.39 is 0 Å². The summed E-state index contributed by atoms with van der Waals surface area (Å²) in [5.41, 5.74) is 0. The number of halogens is 1. The maximum Gasteiger partial charge on any atom is 0.228 e. The molecule has 94 valence electrons. The molecule has 4 heteroatoms. The summed E-state index contributed by atoms with van der Waals surface area (Å²) in [5, 5.41) is 3.18. The van der Waals surface area contributed by atoms with Crippen molar-refractivity contribution in [3.05, 3.63) is 0 Å². The Morgan fingerprint density at radius 1 is 1.25 bits per heavy atom. The molecular weight excluding hydrogens is 224 g/mol. The first-order valence-electron chi connectivity index (χ1n) is 6.23. The Labute approximate surface area is 104 Å². The van der Waals surface area contributed by atoms with Crippen LogP contribution in [0.3, 0.4) is 0 Å². The minimum atomic E-state index is 0. The van der Waals surface area contributed by atoms with Crippen LogP contribution in [0.15, 0.2) is 0 Å². The normalized spacial score (nSPS) is 21.7. The lowest BCUT2D eigenvalue weighted by Crippen LogP contribution is -2.55. The van der Waals surface area contributed by atoms with E-state index in [0.29, 0.717) is 18.0 Å². The highest BCUT2D eigenvalue weighted by molar-refractivity contribution is 5.85. The van der Waals surface area contributed by atoms with E-state index in [1.807, 2.05) is 0 Å². The fourth-order valence-corrected chi connectivity index (χ4v) is 2.71. The van der Waals surface area contributed by atoms with Crippen molar-refractivity contribution in [3.8, 4) is 0 Å². The van der Waals surface area contributed by atoms with Gasteiger partial charge in [0.1, 0.15) is 0 Å². The molecule has 3 nitrogen and oxygen atoms in total. The number of carbonyl (C=O) groups excluding carboxylic acids is 1. The second kappa shape index (κ2) is 5.87. The Morgan fingerprint density at radius 2 is 1.81 bits per heavy atom. The molecule has 0 unspecified atom stereocenters. The minimum absolute atomic E-state index is 0. The summed E-state index contributed by atoms with van der Waals surface area (Å²) in [7, 11) is 0. The third kappa shape index (κ3) is 2.69. The number of hydrogen-bond donors (Lipinski definition) is 1. The smallest absolute Gasteiger partial charge is 0.228 e. The van der Waals surface area contributed by atoms with Crippen LogP contribution in [0.1, 0.15) is 39.5 Å². The van der Waals surface area contributed by atoms with Gasteiger partial charge in [-0.25, -0.2) is 0 Å². The van der Waals surface area contributed by atoms with E-state index in [1.54, 1.807) is 0 Å². The van der Waals surface area contributed by atoms with Gasteiger partial charge < -0.3 is 10.2 Å². The molecule has 0 spiro atoms. The first-order valence-corrected chi connectivity index (χ1v) is 6.23. The van der Waals surface area contributed by atoms with Crippen molar-refractivity contribution in [1.82, 2.24) is 10.2 Å². The van der Waals surface area contributed by atoms with Crippen LogP contribution < -0.4 is 5.32 Å². The molecule has 2 rings (SSSR count). The lowest BCUT2D eigenvalue weighted by atomic mass is 9.99. The zero-order chi connectivity index (χ0) is 10.8. The number of rotatable bonds is 3. The molecule has 1 saturated carbocycles. The Kier molecular flexibility index (Phi) is 5.06. The quantitative estimate of drug-likeness (QED) is 0.824. The molecule has 0 aromatic heterocycles. The summed E-state index contributed by atoms with van der Waals surface area (Å²) < 4.78 is 0. The van der Waals surface area contributed by atoms with Crippen molar-refractivity contribution in [2.75, 3.05) is 13.1 Å². The molecule has 16 heavy (non-hydrogen) atoms. The summed E-state index contributed by atoms with van der Waals surface area (Å²) in [5.74, 6) is 0.642. The summed E-state index contributed by atoms with van der Waals surface area (Å²) in [6.07, 6.45) is 5.02. The molecule has 0 aromatic rings. The van der Waals surface area contributed by atoms with E-state index in [4.69, 9.17) is 0 Å². The summed E-state index contributed by atoms with van der Waals surface area (Å²) in [4.78, 5) is 14.4. The van der Waals surface area contributed by atoms with Crippen molar-refractivity contribution < 1.29 is 4.79 Å². The van der Waals surface area contributed by atoms with Gasteiger partial charge in [-0.05, 0) is 26.7 Å². The minimum Gasteiger partial charge on any atom is -0.337 e. The van der Waals surface area contributed by atoms with Gasteiger partial charge in [0.15, 0.2) is 0 Å². The highest BCUT2D eigenvalue weighted by Crippen LogP contribution is 2.27. The zero-order valence-electron chi connectivity index (χ0n) is 10.2. The molecule has 1 aliphatic carbocycles. The average molecular weight is 247 g/mol. The second-order valence-electron chi connectivity index (χ2n) is 5.13. The molecule has 0 bridgehead atoms. The molecule has 0 radical (unpaired) electrons. The molecule has 0 atom stereocenters. The third-order valence-electron chi connectivity index (χ3n) is 3.66. The Bertz CT molecular complexity index is 235. The lowest BCUT2D eigenvalue weighted by Gasteiger charge is -2.38. The standard InChI is InChI=1S/C12H22N2O.ClH/c1-9(2)14(11-5-3-4-6-11)12(15)10-7-13-8-10;/h9-11,13H,3-8H2,1-2H3;1H. The lowest BCUT2D eigenvalue weighted by molar-refractivity contribution is -0.141. The summed E-state index contributed by atoms with van der Waals surface area (Å²) >= 11 is 0. The van der Waals surface area contributed by atoms with Gasteiger partial charge in [-0.3, -0.25) is 4.79 Å². The molecule has 1 saturated heterocycles. The van der Waals surface area contributed by atoms with Crippen LogP contribution >= 0.6 is 12.4 Å². The third-order valence-corrected chi connectivity index (χ3v) is 3.66. The number of carbonyl (C=O) groups is 1. The van der Waals surface area contributed by atoms with Crippen molar-refractivity contribution in [2.45, 2.75) is 51.6 Å². The molecular formula is C12H23ClN2O. The highest BCUT2D eigenvalue weighted by atomic mass is 35.5. The Hall–Kier alpha value is -0.280. The van der Waals surface area contributed by atoms with Crippen LogP contribution in [0.2, 0.25) is 0 Å². The average Bonchev–Trinajstić information content (AvgIpc) is 2.52. The highest BCUT2D eigenvalue weighted by Gasteiger charge is 2.35. The van der Waals surface area contributed by atoms with Gasteiger partial charge in [-0.15, -0.1) is 12.4 Å². The van der Waals surface area contributed by atoms with Crippen LogP contribution in [0, 0.1) is 5.92 Å². The van der Waals surface area contributed by atoms with Gasteiger partial charge in [0.25, 0.3) is 0 Å². The van der Waals surface area contributed by atoms with E-state index in [2.05, 4.69) is 24.1 Å². The van der Waals surface area contributed by atoms with Crippen molar-refractivity contribution in [3.63, 3.8) is 0 Å². The molecule has 1 aliphatic heterocycles. The second-order valence-corrected chi connectivity index (χ2v) is 5.13. The van der Waals surface area contributed by atoms with Gasteiger partial charge >= 0.3 is 0 Å². The maximum atomic E-state index is 12.2. The van der Waals surface area contributed by atoms with E-state index in [-0.39, 0.29) is 18.3 Å². The van der Waals surface area contributed by atoms with Crippen molar-refractivity contribution in [1.29, 1.82) is 0 Å². The van der Waals surface area contributed by atoms with Gasteiger partial charge in [0.2, 0.25) is 5.91 Å². The summed E-state index contributed by atoms with van der Waals surface area (Å²) in [6, 6.07) is 0.888. The monoisotopic (exact) mass is 246 g/mol. The fourth-order valence-electron chi connectivity index (χ4n) is 2.71. The SMILES string of the molecule is CC(C)N(C(=O)C1CNC1)C1CCCC1.Cl. The number of nitrogens with one attached hydrogen (secondary N) is 1. The van der Waals surface area contributed by atoms with Crippen LogP contribution in [-0.2, 0) is 4.79 Å². The number of amides is 1. The van der Waals surface area contributed by atoms with Gasteiger partial charge in [-0.2, -0.15) is 0 Å². The number of hydrogen-bond acceptors (Lipinski definition) is 2. The first kappa shape index (κ1) is 13.8. The van der Waals surface area contributed by atoms with E-state index in [1.165, 1.54) is 25.7 Å². The van der Waals surface area contributed by atoms with Gasteiger partial charge in [0, 0.05) is 25.2 Å². The predicted octanol–water partition coefficient (Wildman–Crippen LogP) is 1.81. The van der Waals surface area contributed by atoms with E-state index >= 15 is 0 Å². The van der Waals surface area contributed by atoms with Crippen LogP contribution in [0.25, 0.3) is 0 Å². The molecule has 2 fully saturated rings. The molecule has 1 heterocycles. The van der Waals surface area contributed by atoms with Crippen LogP contribution in [-0.4, -0.2) is 36.0 Å². The maximum absolute atomic E-state index is 12.2. The first-order chi connectivity index (χ1) is 7.20. The van der Waals surface area contributed by atoms with Crippen LogP contribution in [0.5, 0.6) is 0 Å². The zero-order valence-corrected chi connectivity index (χ0v) is 11.1. The van der Waals surface area contributed by atoms with Crippen molar-refractivity contribution >= 4 is 18.3 Å². The van der Waals surface area contributed by atoms with E-state index in [9.17, 15) is 4.79 Å². The topological polar surface area (TPSA) is 32.3 Å². The van der Waals surface area contributed by atoms with Gasteiger partial charge in [0.05, 0.1) is 5.92 Å². The Balaban J connectivity index is 0.00000128. The Morgan fingerprint density at radius 3 is 2.19 bits per heavy atom. The largest absolute Gasteiger partial charge is 0.337 e. The fraction of sp³-hybridized carbons (Fsp3) is 0.917. The van der Waals surface area contributed by atoms with E-state index in [0.717, 1.165) is 13.1 Å². The predicted molar refractivity (Wildman–Crippen MR) is 67.8 cm³/mol. The van der Waals surface area contributed by atoms with Crippen molar-refractivity contribution in [2.24, 2.45) is 5.92 Å². The van der Waals surface area contributed by atoms with Gasteiger partial charge in [-0.1, -0.05) is 12.8 Å².